The SMILES string of the molecule is Cl.Cl.Cl.O=C([C@@H]1C[C@H](N2CCN(c3cc(Cl)cc(Cl)c3)CC2)CN1)N1CCSC1. The van der Waals surface area contributed by atoms with Gasteiger partial charge >= 0.3 is 0 Å². The molecule has 0 saturated carbocycles. The second-order valence-electron chi connectivity index (χ2n) is 7.14. The van der Waals surface area contributed by atoms with E-state index in [2.05, 4.69) is 15.1 Å². The molecular weight excluding hydrogens is 498 g/mol. The fourth-order valence-corrected chi connectivity index (χ4v) is 5.53. The number of hydrogen-bond acceptors (Lipinski definition) is 5. The summed E-state index contributed by atoms with van der Waals surface area (Å²) in [4.78, 5) is 19.4. The smallest absolute Gasteiger partial charge is 0.240 e. The van der Waals surface area contributed by atoms with Crippen LogP contribution in [0.2, 0.25) is 10.0 Å². The maximum absolute atomic E-state index is 12.6. The highest BCUT2D eigenvalue weighted by Crippen LogP contribution is 2.27. The van der Waals surface area contributed by atoms with E-state index < -0.39 is 0 Å². The minimum Gasteiger partial charge on any atom is -0.369 e. The van der Waals surface area contributed by atoms with E-state index in [1.807, 2.05) is 28.8 Å². The molecule has 4 rings (SSSR count). The molecule has 1 aromatic carbocycles. The van der Waals surface area contributed by atoms with Crippen molar-refractivity contribution in [1.29, 1.82) is 0 Å². The molecule has 1 aromatic rings. The van der Waals surface area contributed by atoms with Crippen LogP contribution < -0.4 is 10.2 Å². The van der Waals surface area contributed by atoms with E-state index in [1.54, 1.807) is 6.07 Å². The zero-order chi connectivity index (χ0) is 18.1. The van der Waals surface area contributed by atoms with Crippen molar-refractivity contribution in [1.82, 2.24) is 15.1 Å². The molecule has 5 nitrogen and oxygen atoms in total. The van der Waals surface area contributed by atoms with Gasteiger partial charge in [0.05, 0.1) is 11.9 Å². The van der Waals surface area contributed by atoms with Crippen LogP contribution >= 0.6 is 72.2 Å². The first-order valence-corrected chi connectivity index (χ1v) is 11.1. The maximum atomic E-state index is 12.6. The van der Waals surface area contributed by atoms with Gasteiger partial charge in [0.15, 0.2) is 0 Å². The van der Waals surface area contributed by atoms with Crippen LogP contribution in [0.4, 0.5) is 5.69 Å². The fraction of sp³-hybridized carbons (Fsp3) is 0.611. The Morgan fingerprint density at radius 1 is 1.00 bits per heavy atom. The van der Waals surface area contributed by atoms with Crippen molar-refractivity contribution in [3.05, 3.63) is 28.2 Å². The molecule has 3 aliphatic heterocycles. The second-order valence-corrected chi connectivity index (χ2v) is 9.09. The molecule has 0 bridgehead atoms. The van der Waals surface area contributed by atoms with E-state index in [-0.39, 0.29) is 49.2 Å². The number of benzene rings is 1. The average molecular weight is 525 g/mol. The quantitative estimate of drug-likeness (QED) is 0.654. The number of nitrogens with one attached hydrogen (secondary N) is 1. The molecule has 1 N–H and O–H groups in total. The third-order valence-electron chi connectivity index (χ3n) is 5.51. The molecule has 0 unspecified atom stereocenters. The Morgan fingerprint density at radius 2 is 1.66 bits per heavy atom. The first-order chi connectivity index (χ1) is 12.6. The van der Waals surface area contributed by atoms with Crippen molar-refractivity contribution in [3.63, 3.8) is 0 Å². The molecule has 0 aromatic heterocycles. The van der Waals surface area contributed by atoms with Gasteiger partial charge in [-0.25, -0.2) is 0 Å². The van der Waals surface area contributed by atoms with Crippen LogP contribution in [0.1, 0.15) is 6.42 Å². The Bertz CT molecular complexity index is 651. The van der Waals surface area contributed by atoms with E-state index >= 15 is 0 Å². The molecule has 0 spiro atoms. The van der Waals surface area contributed by atoms with Crippen molar-refractivity contribution >= 4 is 83.8 Å². The molecular formula is C18H27Cl5N4OS. The number of rotatable bonds is 3. The number of carbonyl (C=O) groups is 1. The molecule has 3 heterocycles. The minimum atomic E-state index is -0.0107. The van der Waals surface area contributed by atoms with Crippen LogP contribution in [0.5, 0.6) is 0 Å². The van der Waals surface area contributed by atoms with Crippen LogP contribution in [0.25, 0.3) is 0 Å². The fourth-order valence-electron chi connectivity index (χ4n) is 4.06. The van der Waals surface area contributed by atoms with E-state index in [4.69, 9.17) is 23.2 Å². The summed E-state index contributed by atoms with van der Waals surface area (Å²) in [5, 5.41) is 4.80. The van der Waals surface area contributed by atoms with Gasteiger partial charge in [-0.1, -0.05) is 23.2 Å². The highest BCUT2D eigenvalue weighted by molar-refractivity contribution is 7.99. The Hall–Kier alpha value is 0.210. The summed E-state index contributed by atoms with van der Waals surface area (Å²) in [6.45, 7) is 5.70. The lowest BCUT2D eigenvalue weighted by atomic mass is 10.1. The predicted molar refractivity (Wildman–Crippen MR) is 131 cm³/mol. The Morgan fingerprint density at radius 3 is 2.24 bits per heavy atom. The Kier molecular flexibility index (Phi) is 11.6. The monoisotopic (exact) mass is 522 g/mol. The molecule has 0 aliphatic carbocycles. The maximum Gasteiger partial charge on any atom is 0.240 e. The summed E-state index contributed by atoms with van der Waals surface area (Å²) in [7, 11) is 0. The average Bonchev–Trinajstić information content (AvgIpc) is 3.32. The van der Waals surface area contributed by atoms with E-state index in [1.165, 1.54) is 0 Å². The van der Waals surface area contributed by atoms with Crippen LogP contribution in [0.15, 0.2) is 18.2 Å². The number of carbonyl (C=O) groups excluding carboxylic acids is 1. The lowest BCUT2D eigenvalue weighted by Crippen LogP contribution is -2.51. The third-order valence-corrected chi connectivity index (χ3v) is 6.92. The number of nitrogens with zero attached hydrogens (tertiary/aromatic N) is 3. The Balaban J connectivity index is 0.00000140. The highest BCUT2D eigenvalue weighted by atomic mass is 35.5. The minimum absolute atomic E-state index is 0. The molecule has 11 heteroatoms. The van der Waals surface area contributed by atoms with Gasteiger partial charge in [-0.3, -0.25) is 9.69 Å². The van der Waals surface area contributed by atoms with E-state index in [9.17, 15) is 4.79 Å². The largest absolute Gasteiger partial charge is 0.369 e. The van der Waals surface area contributed by atoms with Crippen LogP contribution in [-0.4, -0.2) is 78.7 Å². The van der Waals surface area contributed by atoms with Gasteiger partial charge in [-0.15, -0.1) is 49.0 Å². The number of halogens is 5. The van der Waals surface area contributed by atoms with Crippen molar-refractivity contribution in [2.45, 2.75) is 18.5 Å². The molecule has 29 heavy (non-hydrogen) atoms. The molecule has 0 radical (unpaired) electrons. The van der Waals surface area contributed by atoms with Crippen LogP contribution in [0, 0.1) is 0 Å². The van der Waals surface area contributed by atoms with Gasteiger partial charge in [0, 0.05) is 66.8 Å². The van der Waals surface area contributed by atoms with Gasteiger partial charge in [0.25, 0.3) is 0 Å². The van der Waals surface area contributed by atoms with Crippen molar-refractivity contribution in [2.24, 2.45) is 0 Å². The van der Waals surface area contributed by atoms with Gasteiger partial charge in [0.1, 0.15) is 0 Å². The van der Waals surface area contributed by atoms with Gasteiger partial charge in [-0.05, 0) is 24.6 Å². The van der Waals surface area contributed by atoms with Crippen molar-refractivity contribution < 1.29 is 4.79 Å². The van der Waals surface area contributed by atoms with Gasteiger partial charge in [-0.2, -0.15) is 0 Å². The summed E-state index contributed by atoms with van der Waals surface area (Å²) < 4.78 is 0. The van der Waals surface area contributed by atoms with Gasteiger partial charge < -0.3 is 15.1 Å². The molecule has 1 amide bonds. The zero-order valence-corrected chi connectivity index (χ0v) is 20.7. The molecule has 166 valence electrons. The summed E-state index contributed by atoms with van der Waals surface area (Å²) in [5.74, 6) is 2.20. The van der Waals surface area contributed by atoms with Crippen LogP contribution in [0.3, 0.4) is 0 Å². The molecule has 3 saturated heterocycles. The summed E-state index contributed by atoms with van der Waals surface area (Å²) in [6.07, 6.45) is 0.920. The molecule has 3 aliphatic rings. The first-order valence-electron chi connectivity index (χ1n) is 9.15. The second kappa shape index (κ2) is 12.3. The number of piperazine rings is 1. The number of anilines is 1. The molecule has 2 atom stereocenters. The normalized spacial score (nSPS) is 24.5. The van der Waals surface area contributed by atoms with Gasteiger partial charge in [0.2, 0.25) is 5.91 Å². The topological polar surface area (TPSA) is 38.8 Å². The van der Waals surface area contributed by atoms with Crippen molar-refractivity contribution in [3.8, 4) is 0 Å². The lowest BCUT2D eigenvalue weighted by Gasteiger charge is -2.39. The number of thioether (sulfide) groups is 1. The Labute approximate surface area is 205 Å². The predicted octanol–water partition coefficient (Wildman–Crippen LogP) is 3.64. The number of amides is 1. The highest BCUT2D eigenvalue weighted by Gasteiger charge is 2.36. The standard InChI is InChI=1S/C18H24Cl2N4OS.3ClH/c19-13-7-14(20)9-15(8-13)22-1-3-23(4-2-22)16-10-17(21-11-16)18(25)24-5-6-26-12-24;;;/h7-9,16-17,21H,1-6,10-12H2;3*1H/t16-,17-;;;/m0.../s1. The van der Waals surface area contributed by atoms with E-state index in [0.29, 0.717) is 16.1 Å². The van der Waals surface area contributed by atoms with Crippen LogP contribution in [-0.2, 0) is 4.79 Å². The summed E-state index contributed by atoms with van der Waals surface area (Å²) in [5.41, 5.74) is 1.09. The van der Waals surface area contributed by atoms with E-state index in [0.717, 1.165) is 63.0 Å². The zero-order valence-electron chi connectivity index (χ0n) is 15.9. The first kappa shape index (κ1) is 27.2. The van der Waals surface area contributed by atoms with Crippen molar-refractivity contribution in [2.75, 3.05) is 55.8 Å². The molecule has 3 fully saturated rings. The third kappa shape index (κ3) is 6.59. The summed E-state index contributed by atoms with van der Waals surface area (Å²) >= 11 is 14.1. The summed E-state index contributed by atoms with van der Waals surface area (Å²) in [6, 6.07) is 6.16. The number of hydrogen-bond donors (Lipinski definition) is 1. The lowest BCUT2D eigenvalue weighted by molar-refractivity contribution is -0.131.